The van der Waals surface area contributed by atoms with Gasteiger partial charge in [0, 0.05) is 13.0 Å². The number of urea groups is 1. The predicted octanol–water partition coefficient (Wildman–Crippen LogP) is 6.64. The molecule has 0 radical (unpaired) electrons. The molecule has 1 aliphatic carbocycles. The van der Waals surface area contributed by atoms with Crippen LogP contribution in [-0.2, 0) is 11.2 Å². The number of carboxylic acids is 1. The Morgan fingerprint density at radius 1 is 0.947 bits per heavy atom. The molecule has 1 unspecified atom stereocenters. The average molecular weight is 513 g/mol. The van der Waals surface area contributed by atoms with Crippen LogP contribution < -0.4 is 15.0 Å². The van der Waals surface area contributed by atoms with Crippen molar-refractivity contribution in [2.75, 3.05) is 18.0 Å². The van der Waals surface area contributed by atoms with E-state index in [2.05, 4.69) is 47.8 Å². The first-order valence-corrected chi connectivity index (χ1v) is 13.7. The van der Waals surface area contributed by atoms with Gasteiger partial charge in [-0.25, -0.2) is 4.79 Å². The molecule has 1 atom stereocenters. The third-order valence-electron chi connectivity index (χ3n) is 7.82. The maximum absolute atomic E-state index is 13.0. The third kappa shape index (κ3) is 6.18. The molecule has 5 rings (SSSR count). The maximum Gasteiger partial charge on any atom is 0.322 e. The van der Waals surface area contributed by atoms with Gasteiger partial charge in [0.25, 0.3) is 0 Å². The normalized spacial score (nSPS) is 20.8. The zero-order chi connectivity index (χ0) is 26.5. The van der Waals surface area contributed by atoms with Crippen molar-refractivity contribution in [3.8, 4) is 16.9 Å². The lowest BCUT2D eigenvalue weighted by atomic mass is 9.77. The zero-order valence-electron chi connectivity index (χ0n) is 21.9. The van der Waals surface area contributed by atoms with Gasteiger partial charge in [-0.15, -0.1) is 0 Å². The van der Waals surface area contributed by atoms with Gasteiger partial charge < -0.3 is 15.2 Å². The Hall–Kier alpha value is -3.80. The summed E-state index contributed by atoms with van der Waals surface area (Å²) in [6.07, 6.45) is 5.03. The first kappa shape index (κ1) is 25.8. The molecule has 2 amide bonds. The Kier molecular flexibility index (Phi) is 7.97. The average Bonchev–Trinajstić information content (AvgIpc) is 2.93. The van der Waals surface area contributed by atoms with Gasteiger partial charge in [0.1, 0.15) is 11.9 Å². The van der Waals surface area contributed by atoms with E-state index in [1.807, 2.05) is 37.3 Å². The number of fused-ring (bicyclic) bond motifs is 1. The lowest BCUT2D eigenvalue weighted by Crippen LogP contribution is -2.47. The van der Waals surface area contributed by atoms with E-state index in [0.29, 0.717) is 24.9 Å². The second kappa shape index (κ2) is 11.7. The molecule has 3 aromatic rings. The minimum Gasteiger partial charge on any atom is -0.487 e. The largest absolute Gasteiger partial charge is 0.487 e. The summed E-state index contributed by atoms with van der Waals surface area (Å²) in [4.78, 5) is 25.8. The summed E-state index contributed by atoms with van der Waals surface area (Å²) >= 11 is 0. The SMILES string of the molecule is CC1CN(C(=O)NCCc2ccccc2)c2ccc(-c3ccc(C4CCC(CC(=O)O)CC4)cc3)cc2O1. The van der Waals surface area contributed by atoms with E-state index >= 15 is 0 Å². The molecule has 6 nitrogen and oxygen atoms in total. The van der Waals surface area contributed by atoms with Crippen LogP contribution in [0.15, 0.2) is 72.8 Å². The van der Waals surface area contributed by atoms with Crippen LogP contribution in [0.1, 0.15) is 56.1 Å². The molecule has 198 valence electrons. The minimum absolute atomic E-state index is 0.101. The number of amides is 2. The highest BCUT2D eigenvalue weighted by molar-refractivity contribution is 5.94. The van der Waals surface area contributed by atoms with Gasteiger partial charge >= 0.3 is 12.0 Å². The summed E-state index contributed by atoms with van der Waals surface area (Å²) in [6, 6.07) is 24.8. The van der Waals surface area contributed by atoms with Crippen LogP contribution >= 0.6 is 0 Å². The van der Waals surface area contributed by atoms with Gasteiger partial charge in [-0.3, -0.25) is 9.69 Å². The lowest BCUT2D eigenvalue weighted by Gasteiger charge is -2.33. The molecule has 0 spiro atoms. The van der Waals surface area contributed by atoms with Crippen molar-refractivity contribution >= 4 is 17.7 Å². The molecule has 2 N–H and O–H groups in total. The van der Waals surface area contributed by atoms with Crippen molar-refractivity contribution in [3.63, 3.8) is 0 Å². The van der Waals surface area contributed by atoms with Crippen LogP contribution in [0, 0.1) is 5.92 Å². The standard InChI is InChI=1S/C32H36N2O4/c1-22-21-34(32(37)33-18-17-23-5-3-2-4-6-23)29-16-15-28(20-30(29)38-22)27-13-11-26(12-14-27)25-9-7-24(8-10-25)19-31(35)36/h2-6,11-16,20,22,24-25H,7-10,17-19,21H2,1H3,(H,33,37)(H,35,36). The first-order valence-electron chi connectivity index (χ1n) is 13.7. The fourth-order valence-electron chi connectivity index (χ4n) is 5.76. The minimum atomic E-state index is -0.687. The van der Waals surface area contributed by atoms with Crippen molar-refractivity contribution in [1.29, 1.82) is 0 Å². The van der Waals surface area contributed by atoms with Crippen molar-refractivity contribution in [3.05, 3.63) is 83.9 Å². The van der Waals surface area contributed by atoms with Gasteiger partial charge in [0.15, 0.2) is 0 Å². The van der Waals surface area contributed by atoms with Crippen LogP contribution in [0.3, 0.4) is 0 Å². The van der Waals surface area contributed by atoms with Crippen molar-refractivity contribution in [1.82, 2.24) is 5.32 Å². The summed E-state index contributed by atoms with van der Waals surface area (Å²) in [5.41, 5.74) is 5.48. The predicted molar refractivity (Wildman–Crippen MR) is 150 cm³/mol. The highest BCUT2D eigenvalue weighted by atomic mass is 16.5. The highest BCUT2D eigenvalue weighted by Crippen LogP contribution is 2.39. The Balaban J connectivity index is 1.23. The van der Waals surface area contributed by atoms with Crippen molar-refractivity contribution in [2.45, 2.75) is 57.5 Å². The number of carbonyl (C=O) groups is 2. The summed E-state index contributed by atoms with van der Waals surface area (Å²) < 4.78 is 6.14. The Bertz CT molecular complexity index is 1250. The number of rotatable bonds is 7. The second-order valence-electron chi connectivity index (χ2n) is 10.6. The van der Waals surface area contributed by atoms with Crippen LogP contribution in [-0.4, -0.2) is 36.3 Å². The molecular weight excluding hydrogens is 476 g/mol. The zero-order valence-corrected chi connectivity index (χ0v) is 21.9. The van der Waals surface area contributed by atoms with Gasteiger partial charge in [0.2, 0.25) is 0 Å². The molecular formula is C32H36N2O4. The number of carboxylic acid groups (broad SMARTS) is 1. The van der Waals surface area contributed by atoms with E-state index in [1.165, 1.54) is 11.1 Å². The molecule has 0 bridgehead atoms. The van der Waals surface area contributed by atoms with Crippen LogP contribution in [0.4, 0.5) is 10.5 Å². The van der Waals surface area contributed by atoms with E-state index < -0.39 is 5.97 Å². The fourth-order valence-corrected chi connectivity index (χ4v) is 5.76. The Morgan fingerprint density at radius 2 is 1.66 bits per heavy atom. The number of hydrogen-bond donors (Lipinski definition) is 2. The molecule has 2 aliphatic rings. The maximum atomic E-state index is 13.0. The molecule has 0 saturated heterocycles. The molecule has 3 aromatic carbocycles. The van der Waals surface area contributed by atoms with Crippen LogP contribution in [0.25, 0.3) is 11.1 Å². The van der Waals surface area contributed by atoms with E-state index in [9.17, 15) is 9.59 Å². The van der Waals surface area contributed by atoms with E-state index in [1.54, 1.807) is 4.90 Å². The smallest absolute Gasteiger partial charge is 0.322 e. The van der Waals surface area contributed by atoms with Gasteiger partial charge in [-0.05, 0) is 85.3 Å². The van der Waals surface area contributed by atoms with Crippen LogP contribution in [0.5, 0.6) is 5.75 Å². The van der Waals surface area contributed by atoms with Crippen molar-refractivity contribution < 1.29 is 19.4 Å². The summed E-state index contributed by atoms with van der Waals surface area (Å²) in [5.74, 6) is 0.843. The number of benzene rings is 3. The number of nitrogens with zero attached hydrogens (tertiary/aromatic N) is 1. The molecule has 1 aliphatic heterocycles. The van der Waals surface area contributed by atoms with E-state index in [4.69, 9.17) is 9.84 Å². The number of aliphatic carboxylic acids is 1. The second-order valence-corrected chi connectivity index (χ2v) is 10.6. The quantitative estimate of drug-likeness (QED) is 0.372. The Labute approximate surface area is 224 Å². The fraction of sp³-hybridized carbons (Fsp3) is 0.375. The monoisotopic (exact) mass is 512 g/mol. The summed E-state index contributed by atoms with van der Waals surface area (Å²) in [5, 5.41) is 12.1. The van der Waals surface area contributed by atoms with Gasteiger partial charge in [-0.1, -0.05) is 60.7 Å². The lowest BCUT2D eigenvalue weighted by molar-refractivity contribution is -0.138. The van der Waals surface area contributed by atoms with Crippen molar-refractivity contribution in [2.24, 2.45) is 5.92 Å². The molecule has 6 heteroatoms. The molecule has 1 fully saturated rings. The highest BCUT2D eigenvalue weighted by Gasteiger charge is 2.28. The van der Waals surface area contributed by atoms with E-state index in [0.717, 1.165) is 54.7 Å². The Morgan fingerprint density at radius 3 is 2.37 bits per heavy atom. The number of hydrogen-bond acceptors (Lipinski definition) is 3. The van der Waals surface area contributed by atoms with Gasteiger partial charge in [0.05, 0.1) is 12.2 Å². The molecule has 1 saturated carbocycles. The van der Waals surface area contributed by atoms with Gasteiger partial charge in [-0.2, -0.15) is 0 Å². The molecule has 38 heavy (non-hydrogen) atoms. The summed E-state index contributed by atoms with van der Waals surface area (Å²) in [6.45, 7) is 3.07. The third-order valence-corrected chi connectivity index (χ3v) is 7.82. The van der Waals surface area contributed by atoms with Crippen LogP contribution in [0.2, 0.25) is 0 Å². The number of carbonyl (C=O) groups excluding carboxylic acids is 1. The summed E-state index contributed by atoms with van der Waals surface area (Å²) in [7, 11) is 0. The first-order chi connectivity index (χ1) is 18.5. The van der Waals surface area contributed by atoms with E-state index in [-0.39, 0.29) is 18.6 Å². The number of anilines is 1. The number of ether oxygens (including phenoxy) is 1. The topological polar surface area (TPSA) is 78.9 Å². The molecule has 1 heterocycles. The molecule has 0 aromatic heterocycles. The number of nitrogens with one attached hydrogen (secondary N) is 1.